The van der Waals surface area contributed by atoms with Crippen LogP contribution in [0.2, 0.25) is 0 Å². The van der Waals surface area contributed by atoms with Crippen LogP contribution in [0.25, 0.3) is 0 Å². The molecule has 0 aliphatic carbocycles. The first kappa shape index (κ1) is 19.7. The van der Waals surface area contributed by atoms with E-state index in [1.165, 1.54) is 0 Å². The molecule has 122 valence electrons. The zero-order valence-electron chi connectivity index (χ0n) is 14.4. The Balaban J connectivity index is 4.11. The molecule has 0 rings (SSSR count). The minimum atomic E-state index is -0.477. The summed E-state index contributed by atoms with van der Waals surface area (Å²) in [5, 5.41) is 14.9. The lowest BCUT2D eigenvalue weighted by molar-refractivity contribution is 0.0502. The highest BCUT2D eigenvalue weighted by Crippen LogP contribution is 2.20. The quantitative estimate of drug-likeness (QED) is 0.721. The molecule has 0 aliphatic rings. The molecular weight excluding hydrogens is 266 g/mol. The van der Waals surface area contributed by atoms with Gasteiger partial charge in [-0.15, -0.1) is 0 Å². The topological polar surface area (TPSA) is 74.2 Å². The van der Waals surface area contributed by atoms with E-state index in [0.717, 1.165) is 19.4 Å². The first-order valence-electron chi connectivity index (χ1n) is 7.67. The summed E-state index contributed by atoms with van der Waals surface area (Å²) in [6, 6.07) is 2.23. The van der Waals surface area contributed by atoms with Gasteiger partial charge in [0.15, 0.2) is 0 Å². The Kier molecular flexibility index (Phi) is 8.34. The highest BCUT2D eigenvalue weighted by molar-refractivity contribution is 5.68. The van der Waals surface area contributed by atoms with Gasteiger partial charge in [0.05, 0.1) is 6.07 Å². The highest BCUT2D eigenvalue weighted by Gasteiger charge is 2.20. The third-order valence-corrected chi connectivity index (χ3v) is 3.12. The smallest absolute Gasteiger partial charge is 0.407 e. The predicted octanol–water partition coefficient (Wildman–Crippen LogP) is 3.21. The van der Waals surface area contributed by atoms with Crippen LogP contribution in [0, 0.1) is 16.7 Å². The lowest BCUT2D eigenvalue weighted by atomic mass is 9.88. The van der Waals surface area contributed by atoms with Gasteiger partial charge in [0.1, 0.15) is 5.60 Å². The fourth-order valence-corrected chi connectivity index (χ4v) is 1.84. The van der Waals surface area contributed by atoms with Crippen molar-refractivity contribution in [3.05, 3.63) is 0 Å². The van der Waals surface area contributed by atoms with Crippen molar-refractivity contribution in [1.82, 2.24) is 10.6 Å². The molecule has 2 N–H and O–H groups in total. The van der Waals surface area contributed by atoms with Crippen LogP contribution in [0.4, 0.5) is 4.79 Å². The van der Waals surface area contributed by atoms with Crippen molar-refractivity contribution >= 4 is 6.09 Å². The van der Waals surface area contributed by atoms with E-state index in [9.17, 15) is 4.79 Å². The van der Waals surface area contributed by atoms with Crippen LogP contribution in [0.5, 0.6) is 0 Å². The molecule has 5 nitrogen and oxygen atoms in total. The molecule has 1 unspecified atom stereocenters. The second-order valence-corrected chi connectivity index (χ2v) is 7.20. The minimum Gasteiger partial charge on any atom is -0.444 e. The number of hydrogen-bond donors (Lipinski definition) is 2. The molecule has 0 saturated carbocycles. The molecule has 21 heavy (non-hydrogen) atoms. The van der Waals surface area contributed by atoms with Crippen molar-refractivity contribution in [1.29, 1.82) is 5.26 Å². The minimum absolute atomic E-state index is 0.0478. The summed E-state index contributed by atoms with van der Waals surface area (Å²) in [7, 11) is 0. The molecule has 0 bridgehead atoms. The lowest BCUT2D eigenvalue weighted by Gasteiger charge is -2.26. The van der Waals surface area contributed by atoms with Gasteiger partial charge in [-0.25, -0.2) is 4.79 Å². The largest absolute Gasteiger partial charge is 0.444 e. The molecule has 1 atom stereocenters. The molecule has 0 aromatic heterocycles. The van der Waals surface area contributed by atoms with E-state index in [1.54, 1.807) is 0 Å². The van der Waals surface area contributed by atoms with Gasteiger partial charge in [0.25, 0.3) is 0 Å². The van der Waals surface area contributed by atoms with Crippen LogP contribution >= 0.6 is 0 Å². The Hall–Kier alpha value is -1.28. The molecule has 0 aliphatic heterocycles. The number of alkyl carbamates (subject to hydrolysis) is 1. The van der Waals surface area contributed by atoms with E-state index in [-0.39, 0.29) is 17.6 Å². The van der Waals surface area contributed by atoms with Gasteiger partial charge in [-0.2, -0.15) is 5.26 Å². The zero-order valence-corrected chi connectivity index (χ0v) is 14.4. The van der Waals surface area contributed by atoms with Crippen molar-refractivity contribution in [2.45, 2.75) is 72.4 Å². The summed E-state index contributed by atoms with van der Waals surface area (Å²) in [6.07, 6.45) is 1.90. The standard InChI is InChI=1S/C16H31N3O2/c1-7-13(19-14(20)21-15(2,3)4)11-18-12-16(5,6)9-8-10-17/h13,18H,7-9,11-12H2,1-6H3,(H,19,20). The van der Waals surface area contributed by atoms with E-state index in [1.807, 2.05) is 27.7 Å². The number of carbonyl (C=O) groups excluding carboxylic acids is 1. The summed E-state index contributed by atoms with van der Waals surface area (Å²) in [6.45, 7) is 13.4. The van der Waals surface area contributed by atoms with Gasteiger partial charge in [-0.3, -0.25) is 0 Å². The first-order valence-corrected chi connectivity index (χ1v) is 7.67. The van der Waals surface area contributed by atoms with Gasteiger partial charge < -0.3 is 15.4 Å². The number of ether oxygens (including phenoxy) is 1. The number of nitrogens with zero attached hydrogens (tertiary/aromatic N) is 1. The van der Waals surface area contributed by atoms with E-state index in [4.69, 9.17) is 10.00 Å². The predicted molar refractivity (Wildman–Crippen MR) is 84.9 cm³/mol. The number of nitrogens with one attached hydrogen (secondary N) is 2. The summed E-state index contributed by atoms with van der Waals surface area (Å²) in [5.74, 6) is 0. The third-order valence-electron chi connectivity index (χ3n) is 3.12. The van der Waals surface area contributed by atoms with Crippen molar-refractivity contribution in [3.63, 3.8) is 0 Å². The number of amides is 1. The van der Waals surface area contributed by atoms with E-state index in [0.29, 0.717) is 13.0 Å². The highest BCUT2D eigenvalue weighted by atomic mass is 16.6. The first-order chi connectivity index (χ1) is 9.59. The monoisotopic (exact) mass is 297 g/mol. The van der Waals surface area contributed by atoms with Crippen molar-refractivity contribution < 1.29 is 9.53 Å². The molecule has 0 spiro atoms. The maximum Gasteiger partial charge on any atom is 0.407 e. The third kappa shape index (κ3) is 11.1. The van der Waals surface area contributed by atoms with Crippen LogP contribution in [-0.4, -0.2) is 30.8 Å². The average molecular weight is 297 g/mol. The second-order valence-electron chi connectivity index (χ2n) is 7.20. The Morgan fingerprint density at radius 2 is 1.90 bits per heavy atom. The van der Waals surface area contributed by atoms with Gasteiger partial charge in [0, 0.05) is 25.6 Å². The fraction of sp³-hybridized carbons (Fsp3) is 0.875. The van der Waals surface area contributed by atoms with E-state index < -0.39 is 5.60 Å². The molecule has 5 heteroatoms. The number of rotatable bonds is 8. The van der Waals surface area contributed by atoms with Crippen LogP contribution in [0.1, 0.15) is 60.8 Å². The van der Waals surface area contributed by atoms with Crippen LogP contribution in [-0.2, 0) is 4.74 Å². The molecule has 0 fully saturated rings. The lowest BCUT2D eigenvalue weighted by Crippen LogP contribution is -2.45. The Bertz CT molecular complexity index is 354. The van der Waals surface area contributed by atoms with Gasteiger partial charge in [0.2, 0.25) is 0 Å². The van der Waals surface area contributed by atoms with E-state index in [2.05, 4.69) is 30.6 Å². The summed E-state index contributed by atoms with van der Waals surface area (Å²) in [4.78, 5) is 11.7. The summed E-state index contributed by atoms with van der Waals surface area (Å²) < 4.78 is 5.26. The summed E-state index contributed by atoms with van der Waals surface area (Å²) >= 11 is 0. The van der Waals surface area contributed by atoms with Gasteiger partial charge in [-0.1, -0.05) is 20.8 Å². The van der Waals surface area contributed by atoms with Gasteiger partial charge >= 0.3 is 6.09 Å². The number of nitriles is 1. The number of carbonyl (C=O) groups is 1. The molecule has 0 radical (unpaired) electrons. The maximum atomic E-state index is 11.7. The Morgan fingerprint density at radius 3 is 2.38 bits per heavy atom. The summed E-state index contributed by atoms with van der Waals surface area (Å²) in [5.41, 5.74) is -0.394. The zero-order chi connectivity index (χ0) is 16.5. The fourth-order valence-electron chi connectivity index (χ4n) is 1.84. The molecule has 0 aromatic carbocycles. The molecular formula is C16H31N3O2. The number of hydrogen-bond acceptors (Lipinski definition) is 4. The average Bonchev–Trinajstić information content (AvgIpc) is 2.32. The van der Waals surface area contributed by atoms with Crippen LogP contribution in [0.3, 0.4) is 0 Å². The second kappa shape index (κ2) is 8.89. The molecule has 0 saturated heterocycles. The van der Waals surface area contributed by atoms with Crippen molar-refractivity contribution in [3.8, 4) is 6.07 Å². The SMILES string of the molecule is CCC(CNCC(C)(C)CCC#N)NC(=O)OC(C)(C)C. The van der Waals surface area contributed by atoms with Crippen LogP contribution < -0.4 is 10.6 Å². The van der Waals surface area contributed by atoms with Crippen molar-refractivity contribution in [2.75, 3.05) is 13.1 Å². The van der Waals surface area contributed by atoms with Gasteiger partial charge in [-0.05, 0) is 39.0 Å². The molecule has 0 heterocycles. The van der Waals surface area contributed by atoms with Crippen molar-refractivity contribution in [2.24, 2.45) is 5.41 Å². The maximum absolute atomic E-state index is 11.7. The van der Waals surface area contributed by atoms with E-state index >= 15 is 0 Å². The normalized spacial score (nSPS) is 13.4. The Labute approximate surface area is 129 Å². The molecule has 1 amide bonds. The Morgan fingerprint density at radius 1 is 1.29 bits per heavy atom. The molecule has 0 aromatic rings. The van der Waals surface area contributed by atoms with Crippen LogP contribution in [0.15, 0.2) is 0 Å².